The lowest BCUT2D eigenvalue weighted by molar-refractivity contribution is -0.116. The minimum atomic E-state index is -1.08. The number of amides is 2. The number of benzene rings is 3. The average Bonchev–Trinajstić information content (AvgIpc) is 3.13. The Kier molecular flexibility index (Phi) is 5.50. The van der Waals surface area contributed by atoms with Gasteiger partial charge in [-0.15, -0.1) is 11.6 Å². The maximum atomic E-state index is 13.2. The van der Waals surface area contributed by atoms with Gasteiger partial charge in [-0.25, -0.2) is 4.39 Å². The van der Waals surface area contributed by atoms with Gasteiger partial charge in [0.05, 0.1) is 0 Å². The van der Waals surface area contributed by atoms with Crippen molar-refractivity contribution in [1.29, 1.82) is 0 Å². The maximum Gasteiger partial charge on any atom is 0.293 e. The lowest BCUT2D eigenvalue weighted by Gasteiger charge is -2.11. The van der Waals surface area contributed by atoms with Gasteiger partial charge in [-0.2, -0.15) is 0 Å². The molecule has 0 radical (unpaired) electrons. The molecule has 0 saturated carbocycles. The third kappa shape index (κ3) is 4.04. The van der Waals surface area contributed by atoms with Crippen molar-refractivity contribution in [2.45, 2.75) is 5.38 Å². The topological polar surface area (TPSA) is 71.3 Å². The highest BCUT2D eigenvalue weighted by molar-refractivity contribution is 6.33. The fourth-order valence-corrected chi connectivity index (χ4v) is 3.21. The molecule has 1 unspecified atom stereocenters. The summed E-state index contributed by atoms with van der Waals surface area (Å²) in [7, 11) is 0. The van der Waals surface area contributed by atoms with Crippen molar-refractivity contribution in [3.05, 3.63) is 96.0 Å². The van der Waals surface area contributed by atoms with Crippen LogP contribution in [0.2, 0.25) is 0 Å². The van der Waals surface area contributed by atoms with Gasteiger partial charge in [0.25, 0.3) is 5.91 Å². The van der Waals surface area contributed by atoms with Crippen LogP contribution in [0.5, 0.6) is 0 Å². The number of hydrogen-bond acceptors (Lipinski definition) is 3. The monoisotopic (exact) mass is 422 g/mol. The van der Waals surface area contributed by atoms with Crippen molar-refractivity contribution in [2.24, 2.45) is 0 Å². The number of hydrogen-bond donors (Lipinski definition) is 2. The zero-order chi connectivity index (χ0) is 21.1. The van der Waals surface area contributed by atoms with E-state index in [4.69, 9.17) is 16.0 Å². The molecule has 0 aliphatic rings. The molecule has 1 heterocycles. The Morgan fingerprint density at radius 2 is 1.53 bits per heavy atom. The standard InChI is InChI=1S/C23H16ClFN2O3/c24-19(14-10-12-15(25)13-11-14)22(28)27-20-17-8-4-5-9-18(17)30-21(20)23(29)26-16-6-2-1-3-7-16/h1-13,19H,(H,26,29)(H,27,28). The number of anilines is 2. The molecule has 0 spiro atoms. The molecule has 1 atom stereocenters. The molecule has 3 aromatic carbocycles. The maximum absolute atomic E-state index is 13.2. The van der Waals surface area contributed by atoms with Crippen LogP contribution in [-0.4, -0.2) is 11.8 Å². The minimum absolute atomic E-state index is 0.0450. The molecule has 4 aromatic rings. The van der Waals surface area contributed by atoms with Gasteiger partial charge in [0, 0.05) is 11.1 Å². The van der Waals surface area contributed by atoms with E-state index in [1.54, 1.807) is 48.5 Å². The van der Waals surface area contributed by atoms with Gasteiger partial charge in [-0.05, 0) is 42.0 Å². The first kappa shape index (κ1) is 19.7. The van der Waals surface area contributed by atoms with Gasteiger partial charge in [0.2, 0.25) is 11.7 Å². The normalized spacial score (nSPS) is 11.8. The van der Waals surface area contributed by atoms with Crippen LogP contribution in [0, 0.1) is 5.82 Å². The van der Waals surface area contributed by atoms with E-state index in [1.165, 1.54) is 24.3 Å². The van der Waals surface area contributed by atoms with E-state index in [9.17, 15) is 14.0 Å². The summed E-state index contributed by atoms with van der Waals surface area (Å²) in [4.78, 5) is 25.6. The summed E-state index contributed by atoms with van der Waals surface area (Å²) in [6.07, 6.45) is 0. The predicted octanol–water partition coefficient (Wildman–Crippen LogP) is 5.74. The Hall–Kier alpha value is -3.64. The van der Waals surface area contributed by atoms with Gasteiger partial charge in [0.15, 0.2) is 0 Å². The first-order valence-electron chi connectivity index (χ1n) is 9.11. The fourth-order valence-electron chi connectivity index (χ4n) is 3.01. The fraction of sp³-hybridized carbons (Fsp3) is 0.0435. The van der Waals surface area contributed by atoms with E-state index in [1.807, 2.05) is 6.07 Å². The van der Waals surface area contributed by atoms with Gasteiger partial charge < -0.3 is 15.1 Å². The number of fused-ring (bicyclic) bond motifs is 1. The van der Waals surface area contributed by atoms with E-state index < -0.39 is 23.0 Å². The smallest absolute Gasteiger partial charge is 0.293 e. The number of nitrogens with one attached hydrogen (secondary N) is 2. The van der Waals surface area contributed by atoms with E-state index in [-0.39, 0.29) is 11.4 Å². The van der Waals surface area contributed by atoms with Gasteiger partial charge in [-0.1, -0.05) is 42.5 Å². The summed E-state index contributed by atoms with van der Waals surface area (Å²) >= 11 is 6.27. The van der Waals surface area contributed by atoms with Crippen LogP contribution >= 0.6 is 11.6 Å². The summed E-state index contributed by atoms with van der Waals surface area (Å²) in [5, 5.41) is 4.92. The zero-order valence-electron chi connectivity index (χ0n) is 15.6. The van der Waals surface area contributed by atoms with Crippen LogP contribution in [0.25, 0.3) is 11.0 Å². The Labute approximate surface area is 176 Å². The number of carbonyl (C=O) groups is 2. The summed E-state index contributed by atoms with van der Waals surface area (Å²) in [5.74, 6) is -1.55. The van der Waals surface area contributed by atoms with Crippen LogP contribution in [-0.2, 0) is 4.79 Å². The molecule has 0 aliphatic carbocycles. The zero-order valence-corrected chi connectivity index (χ0v) is 16.3. The second-order valence-electron chi connectivity index (χ2n) is 6.53. The molecule has 1 aromatic heterocycles. The summed E-state index contributed by atoms with van der Waals surface area (Å²) in [6, 6.07) is 21.2. The average molecular weight is 423 g/mol. The highest BCUT2D eigenvalue weighted by atomic mass is 35.5. The molecule has 5 nitrogen and oxygen atoms in total. The summed E-state index contributed by atoms with van der Waals surface area (Å²) < 4.78 is 18.9. The second-order valence-corrected chi connectivity index (χ2v) is 6.96. The second kappa shape index (κ2) is 8.39. The van der Waals surface area contributed by atoms with Crippen molar-refractivity contribution in [3.8, 4) is 0 Å². The van der Waals surface area contributed by atoms with Crippen molar-refractivity contribution in [3.63, 3.8) is 0 Å². The van der Waals surface area contributed by atoms with E-state index >= 15 is 0 Å². The van der Waals surface area contributed by atoms with Gasteiger partial charge in [-0.3, -0.25) is 9.59 Å². The molecule has 150 valence electrons. The molecule has 0 bridgehead atoms. The Morgan fingerprint density at radius 1 is 0.867 bits per heavy atom. The van der Waals surface area contributed by atoms with Crippen LogP contribution in [0.3, 0.4) is 0 Å². The summed E-state index contributed by atoms with van der Waals surface area (Å²) in [6.45, 7) is 0. The molecule has 2 N–H and O–H groups in total. The molecular formula is C23H16ClFN2O3. The SMILES string of the molecule is O=C(Nc1ccccc1)c1oc2ccccc2c1NC(=O)C(Cl)c1ccc(F)cc1. The highest BCUT2D eigenvalue weighted by Crippen LogP contribution is 2.33. The molecule has 0 aliphatic heterocycles. The Morgan fingerprint density at radius 3 is 2.27 bits per heavy atom. The molecule has 4 rings (SSSR count). The lowest BCUT2D eigenvalue weighted by atomic mass is 10.1. The number of rotatable bonds is 5. The van der Waals surface area contributed by atoms with Crippen LogP contribution < -0.4 is 10.6 Å². The van der Waals surface area contributed by atoms with E-state index in [0.717, 1.165) is 0 Å². The molecule has 30 heavy (non-hydrogen) atoms. The molecule has 2 amide bonds. The van der Waals surface area contributed by atoms with Crippen molar-refractivity contribution in [1.82, 2.24) is 0 Å². The third-order valence-corrected chi connectivity index (χ3v) is 4.92. The Bertz CT molecular complexity index is 1210. The number of furan rings is 1. The van der Waals surface area contributed by atoms with Crippen molar-refractivity contribution in [2.75, 3.05) is 10.6 Å². The first-order chi connectivity index (χ1) is 14.5. The largest absolute Gasteiger partial charge is 0.449 e. The van der Waals surface area contributed by atoms with E-state index in [0.29, 0.717) is 22.2 Å². The summed E-state index contributed by atoms with van der Waals surface area (Å²) in [5.41, 5.74) is 1.68. The van der Waals surface area contributed by atoms with Gasteiger partial charge in [0.1, 0.15) is 22.5 Å². The number of carbonyl (C=O) groups excluding carboxylic acids is 2. The van der Waals surface area contributed by atoms with Gasteiger partial charge >= 0.3 is 0 Å². The third-order valence-electron chi connectivity index (χ3n) is 4.47. The predicted molar refractivity (Wildman–Crippen MR) is 114 cm³/mol. The lowest BCUT2D eigenvalue weighted by Crippen LogP contribution is -2.20. The van der Waals surface area contributed by atoms with Crippen LogP contribution in [0.1, 0.15) is 21.5 Å². The molecule has 0 fully saturated rings. The van der Waals surface area contributed by atoms with E-state index in [2.05, 4.69) is 10.6 Å². The Balaban J connectivity index is 1.65. The molecule has 0 saturated heterocycles. The molecule has 7 heteroatoms. The quantitative estimate of drug-likeness (QED) is 0.403. The van der Waals surface area contributed by atoms with Crippen LogP contribution in [0.15, 0.2) is 83.3 Å². The van der Waals surface area contributed by atoms with Crippen LogP contribution in [0.4, 0.5) is 15.8 Å². The molecular weight excluding hydrogens is 407 g/mol. The number of alkyl halides is 1. The van der Waals surface area contributed by atoms with Crippen molar-refractivity contribution < 1.29 is 18.4 Å². The minimum Gasteiger partial charge on any atom is -0.449 e. The highest BCUT2D eigenvalue weighted by Gasteiger charge is 2.25. The van der Waals surface area contributed by atoms with Crippen molar-refractivity contribution >= 4 is 45.8 Å². The number of para-hydroxylation sites is 2. The first-order valence-corrected chi connectivity index (χ1v) is 9.55. The number of halogens is 2.